The van der Waals surface area contributed by atoms with Crippen LogP contribution >= 0.6 is 0 Å². The number of nitrogen functional groups attached to an aromatic ring is 1. The predicted octanol–water partition coefficient (Wildman–Crippen LogP) is 1.76. The molecule has 1 fully saturated rings. The molecular weight excluding hydrogens is 428 g/mol. The standard InChI is InChI=1S/C26H36N6O2/c1-3-4-7-22-30-23-24(32(22)16-26(2,17-33)18-34)20-9-8-19(15-21(20)29-25(23)27)6-5-12-31-13-10-28-11-14-31/h8-9,15,28,33-34H,3-4,7,10-14,16-18H2,1-2H3,(H2,27,29). The summed E-state index contributed by atoms with van der Waals surface area (Å²) in [6.45, 7) is 9.04. The lowest BCUT2D eigenvalue weighted by molar-refractivity contribution is 0.0557. The molecule has 0 atom stereocenters. The van der Waals surface area contributed by atoms with Crippen LogP contribution in [0.1, 0.15) is 38.1 Å². The van der Waals surface area contributed by atoms with Gasteiger partial charge in [0.1, 0.15) is 11.3 Å². The first-order chi connectivity index (χ1) is 16.5. The molecule has 182 valence electrons. The fraction of sp³-hybridized carbons (Fsp3) is 0.538. The molecule has 0 amide bonds. The molecule has 0 bridgehead atoms. The van der Waals surface area contributed by atoms with Crippen LogP contribution in [-0.4, -0.2) is 75.6 Å². The molecule has 8 nitrogen and oxygen atoms in total. The van der Waals surface area contributed by atoms with Crippen LogP contribution in [-0.2, 0) is 13.0 Å². The highest BCUT2D eigenvalue weighted by molar-refractivity contribution is 6.06. The normalized spacial score (nSPS) is 15.1. The Morgan fingerprint density at radius 3 is 2.65 bits per heavy atom. The van der Waals surface area contributed by atoms with E-state index in [-0.39, 0.29) is 13.2 Å². The number of hydrogen-bond donors (Lipinski definition) is 4. The maximum atomic E-state index is 9.95. The summed E-state index contributed by atoms with van der Waals surface area (Å²) in [5, 5.41) is 24.2. The number of nitrogens with zero attached hydrogens (tertiary/aromatic N) is 4. The summed E-state index contributed by atoms with van der Waals surface area (Å²) >= 11 is 0. The zero-order valence-corrected chi connectivity index (χ0v) is 20.3. The third kappa shape index (κ3) is 5.18. The molecular formula is C26H36N6O2. The molecule has 3 aromatic rings. The van der Waals surface area contributed by atoms with Gasteiger partial charge in [0.05, 0.1) is 30.8 Å². The number of aryl methyl sites for hydroxylation is 1. The van der Waals surface area contributed by atoms with Crippen molar-refractivity contribution in [3.05, 3.63) is 29.6 Å². The summed E-state index contributed by atoms with van der Waals surface area (Å²) in [4.78, 5) is 11.8. The number of anilines is 1. The Balaban J connectivity index is 1.75. The fourth-order valence-corrected chi connectivity index (χ4v) is 4.39. The molecule has 1 aliphatic heterocycles. The highest BCUT2D eigenvalue weighted by atomic mass is 16.3. The summed E-state index contributed by atoms with van der Waals surface area (Å²) in [5.74, 6) is 7.86. The number of benzene rings is 1. The van der Waals surface area contributed by atoms with Gasteiger partial charge < -0.3 is 25.8 Å². The molecule has 0 spiro atoms. The van der Waals surface area contributed by atoms with E-state index in [4.69, 9.17) is 10.7 Å². The quantitative estimate of drug-likeness (QED) is 0.376. The Kier molecular flexibility index (Phi) is 7.69. The maximum absolute atomic E-state index is 9.95. The van der Waals surface area contributed by atoms with Crippen LogP contribution in [0.2, 0.25) is 0 Å². The van der Waals surface area contributed by atoms with E-state index >= 15 is 0 Å². The number of piperazine rings is 1. The Hall–Kier alpha value is -2.70. The van der Waals surface area contributed by atoms with E-state index in [2.05, 4.69) is 38.5 Å². The minimum Gasteiger partial charge on any atom is -0.396 e. The van der Waals surface area contributed by atoms with Crippen LogP contribution in [0, 0.1) is 17.3 Å². The third-order valence-electron chi connectivity index (χ3n) is 6.59. The Morgan fingerprint density at radius 2 is 1.94 bits per heavy atom. The first kappa shape index (κ1) is 24.4. The zero-order chi connectivity index (χ0) is 24.1. The van der Waals surface area contributed by atoms with E-state index in [1.165, 1.54) is 0 Å². The lowest BCUT2D eigenvalue weighted by Gasteiger charge is -2.26. The number of unbranched alkanes of at least 4 members (excludes halogenated alkanes) is 1. The monoisotopic (exact) mass is 464 g/mol. The molecule has 5 N–H and O–H groups in total. The van der Waals surface area contributed by atoms with E-state index in [0.29, 0.717) is 17.9 Å². The lowest BCUT2D eigenvalue weighted by Crippen LogP contribution is -2.43. The molecule has 4 rings (SSSR count). The minimum absolute atomic E-state index is 0.123. The van der Waals surface area contributed by atoms with E-state index in [1.807, 2.05) is 25.1 Å². The van der Waals surface area contributed by atoms with Gasteiger partial charge in [-0.1, -0.05) is 32.1 Å². The molecule has 3 heterocycles. The van der Waals surface area contributed by atoms with Crippen molar-refractivity contribution in [3.63, 3.8) is 0 Å². The van der Waals surface area contributed by atoms with Gasteiger partial charge in [-0.25, -0.2) is 9.97 Å². The van der Waals surface area contributed by atoms with Crippen molar-refractivity contribution in [2.24, 2.45) is 5.41 Å². The van der Waals surface area contributed by atoms with Gasteiger partial charge in [-0.15, -0.1) is 0 Å². The van der Waals surface area contributed by atoms with Crippen molar-refractivity contribution in [3.8, 4) is 11.8 Å². The first-order valence-electron chi connectivity index (χ1n) is 12.2. The van der Waals surface area contributed by atoms with Gasteiger partial charge in [-0.3, -0.25) is 4.90 Å². The molecule has 0 unspecified atom stereocenters. The number of aliphatic hydroxyl groups is 2. The summed E-state index contributed by atoms with van der Waals surface area (Å²) < 4.78 is 2.12. The van der Waals surface area contributed by atoms with Crippen molar-refractivity contribution >= 4 is 27.8 Å². The average Bonchev–Trinajstić information content (AvgIpc) is 3.21. The highest BCUT2D eigenvalue weighted by Crippen LogP contribution is 2.32. The topological polar surface area (TPSA) is 112 Å². The van der Waals surface area contributed by atoms with Crippen LogP contribution < -0.4 is 11.1 Å². The number of nitrogens with one attached hydrogen (secondary N) is 1. The highest BCUT2D eigenvalue weighted by Gasteiger charge is 2.27. The van der Waals surface area contributed by atoms with Gasteiger partial charge in [0, 0.05) is 55.5 Å². The van der Waals surface area contributed by atoms with Crippen molar-refractivity contribution in [1.29, 1.82) is 0 Å². The molecule has 34 heavy (non-hydrogen) atoms. The number of hydrogen-bond acceptors (Lipinski definition) is 7. The van der Waals surface area contributed by atoms with Gasteiger partial charge in [0.2, 0.25) is 0 Å². The van der Waals surface area contributed by atoms with Crippen LogP contribution in [0.5, 0.6) is 0 Å². The Bertz CT molecular complexity index is 1200. The van der Waals surface area contributed by atoms with Crippen molar-refractivity contribution in [1.82, 2.24) is 24.8 Å². The smallest absolute Gasteiger partial charge is 0.152 e. The van der Waals surface area contributed by atoms with Crippen molar-refractivity contribution in [2.45, 2.75) is 39.7 Å². The van der Waals surface area contributed by atoms with Crippen LogP contribution in [0.15, 0.2) is 18.2 Å². The van der Waals surface area contributed by atoms with E-state index in [1.54, 1.807) is 0 Å². The minimum atomic E-state index is -0.672. The van der Waals surface area contributed by atoms with Crippen molar-refractivity contribution in [2.75, 3.05) is 51.7 Å². The van der Waals surface area contributed by atoms with Crippen molar-refractivity contribution < 1.29 is 10.2 Å². The van der Waals surface area contributed by atoms with Crippen LogP contribution in [0.25, 0.3) is 21.9 Å². The number of pyridine rings is 1. The Labute approximate surface area is 201 Å². The SMILES string of the molecule is CCCCc1nc2c(N)nc3cc(C#CCN4CCNCC4)ccc3c2n1CC(C)(CO)CO. The number of rotatable bonds is 8. The summed E-state index contributed by atoms with van der Waals surface area (Å²) in [6.07, 6.45) is 2.84. The second-order valence-electron chi connectivity index (χ2n) is 9.60. The van der Waals surface area contributed by atoms with Gasteiger partial charge >= 0.3 is 0 Å². The molecule has 1 saturated heterocycles. The summed E-state index contributed by atoms with van der Waals surface area (Å²) in [6, 6.07) is 6.04. The van der Waals surface area contributed by atoms with Gasteiger partial charge in [-0.2, -0.15) is 0 Å². The number of fused-ring (bicyclic) bond motifs is 3. The van der Waals surface area contributed by atoms with Gasteiger partial charge in [-0.05, 0) is 24.6 Å². The third-order valence-corrected chi connectivity index (χ3v) is 6.59. The fourth-order valence-electron chi connectivity index (χ4n) is 4.39. The Morgan fingerprint density at radius 1 is 1.18 bits per heavy atom. The first-order valence-corrected chi connectivity index (χ1v) is 12.2. The lowest BCUT2D eigenvalue weighted by atomic mass is 9.92. The molecule has 8 heteroatoms. The zero-order valence-electron chi connectivity index (χ0n) is 20.3. The summed E-state index contributed by atoms with van der Waals surface area (Å²) in [7, 11) is 0. The second-order valence-corrected chi connectivity index (χ2v) is 9.60. The predicted molar refractivity (Wildman–Crippen MR) is 137 cm³/mol. The summed E-state index contributed by atoms with van der Waals surface area (Å²) in [5.41, 5.74) is 8.96. The van der Waals surface area contributed by atoms with E-state index < -0.39 is 5.41 Å². The van der Waals surface area contributed by atoms with Crippen LogP contribution in [0.3, 0.4) is 0 Å². The van der Waals surface area contributed by atoms with E-state index in [0.717, 1.165) is 79.8 Å². The van der Waals surface area contributed by atoms with Crippen LogP contribution in [0.4, 0.5) is 5.82 Å². The molecule has 0 radical (unpaired) electrons. The number of imidazole rings is 1. The van der Waals surface area contributed by atoms with Gasteiger partial charge in [0.25, 0.3) is 0 Å². The second kappa shape index (κ2) is 10.7. The molecule has 0 saturated carbocycles. The van der Waals surface area contributed by atoms with Gasteiger partial charge in [0.15, 0.2) is 5.82 Å². The molecule has 0 aliphatic carbocycles. The number of aliphatic hydroxyl groups excluding tert-OH is 2. The largest absolute Gasteiger partial charge is 0.396 e. The maximum Gasteiger partial charge on any atom is 0.152 e. The van der Waals surface area contributed by atoms with E-state index in [9.17, 15) is 10.2 Å². The molecule has 1 aliphatic rings. The molecule has 1 aromatic carbocycles. The molecule has 2 aromatic heterocycles. The number of aromatic nitrogens is 3. The average molecular weight is 465 g/mol. The number of nitrogens with two attached hydrogens (primary N) is 1.